The summed E-state index contributed by atoms with van der Waals surface area (Å²) >= 11 is 6.20. The van der Waals surface area contributed by atoms with Gasteiger partial charge in [-0.2, -0.15) is 0 Å². The van der Waals surface area contributed by atoms with Gasteiger partial charge in [-0.3, -0.25) is 23.5 Å². The number of carbonyl (C=O) groups excluding carboxylic acids is 2. The van der Waals surface area contributed by atoms with E-state index in [9.17, 15) is 19.2 Å². The van der Waals surface area contributed by atoms with Crippen molar-refractivity contribution in [3.63, 3.8) is 0 Å². The molecule has 12 heteroatoms. The molecule has 11 nitrogen and oxygen atoms in total. The van der Waals surface area contributed by atoms with Crippen molar-refractivity contribution in [1.29, 1.82) is 0 Å². The van der Waals surface area contributed by atoms with E-state index >= 15 is 0 Å². The van der Waals surface area contributed by atoms with Gasteiger partial charge in [-0.15, -0.1) is 0 Å². The van der Waals surface area contributed by atoms with Gasteiger partial charge in [-0.25, -0.2) is 4.79 Å². The van der Waals surface area contributed by atoms with Gasteiger partial charge in [0.2, 0.25) is 11.8 Å². The highest BCUT2D eigenvalue weighted by Crippen LogP contribution is 2.35. The topological polar surface area (TPSA) is 124 Å². The van der Waals surface area contributed by atoms with Crippen molar-refractivity contribution in [1.82, 2.24) is 19.4 Å². The molecular formula is C25H28ClN5O6. The maximum atomic E-state index is 13.4. The van der Waals surface area contributed by atoms with Gasteiger partial charge in [0, 0.05) is 25.2 Å². The Bertz CT molecular complexity index is 1470. The number of aromatic nitrogens is 2. The Kier molecular flexibility index (Phi) is 7.84. The minimum atomic E-state index is -0.753. The van der Waals surface area contributed by atoms with Crippen LogP contribution in [0.3, 0.4) is 0 Å². The highest BCUT2D eigenvalue weighted by molar-refractivity contribution is 6.32. The van der Waals surface area contributed by atoms with Crippen LogP contribution < -0.4 is 31.4 Å². The lowest BCUT2D eigenvalue weighted by molar-refractivity contribution is -0.130. The standard InChI is InChI=1S/C25H28ClN5O6/c1-27-15-8-9-29(12-15)23(33)14-31-24(34)16-6-4-5-7-19(16)30(25(31)35)13-22(32)28-18-10-17(26)20(36-2)11-21(18)37-3/h4-7,10-11,15,27H,8-9,12-14H2,1-3H3,(H,28,32)/t15-/m1/s1. The Morgan fingerprint density at radius 1 is 1.05 bits per heavy atom. The molecule has 0 saturated carbocycles. The first-order chi connectivity index (χ1) is 17.8. The number of carbonyl (C=O) groups is 2. The number of ether oxygens (including phenoxy) is 2. The van der Waals surface area contributed by atoms with Crippen molar-refractivity contribution in [3.05, 3.63) is 62.3 Å². The summed E-state index contributed by atoms with van der Waals surface area (Å²) in [6, 6.07) is 9.65. The summed E-state index contributed by atoms with van der Waals surface area (Å²) in [4.78, 5) is 54.2. The van der Waals surface area contributed by atoms with E-state index < -0.39 is 30.2 Å². The van der Waals surface area contributed by atoms with E-state index in [1.807, 2.05) is 7.05 Å². The van der Waals surface area contributed by atoms with Crippen LogP contribution in [0.25, 0.3) is 10.9 Å². The third-order valence-corrected chi connectivity index (χ3v) is 6.72. The van der Waals surface area contributed by atoms with E-state index in [0.717, 1.165) is 11.0 Å². The zero-order valence-corrected chi connectivity index (χ0v) is 21.5. The zero-order chi connectivity index (χ0) is 26.7. The average Bonchev–Trinajstić information content (AvgIpc) is 3.39. The lowest BCUT2D eigenvalue weighted by atomic mass is 10.2. The predicted molar refractivity (Wildman–Crippen MR) is 140 cm³/mol. The van der Waals surface area contributed by atoms with Crippen molar-refractivity contribution >= 4 is 40.0 Å². The van der Waals surface area contributed by atoms with Crippen LogP contribution >= 0.6 is 11.6 Å². The van der Waals surface area contributed by atoms with E-state index in [1.54, 1.807) is 29.2 Å². The fraction of sp³-hybridized carbons (Fsp3) is 0.360. The second kappa shape index (κ2) is 11.1. The zero-order valence-electron chi connectivity index (χ0n) is 20.7. The van der Waals surface area contributed by atoms with Crippen LogP contribution in [0.1, 0.15) is 6.42 Å². The number of rotatable bonds is 8. The fourth-order valence-corrected chi connectivity index (χ4v) is 4.65. The third-order valence-electron chi connectivity index (χ3n) is 6.42. The summed E-state index contributed by atoms with van der Waals surface area (Å²) < 4.78 is 12.6. The number of para-hydroxylation sites is 1. The van der Waals surface area contributed by atoms with Crippen LogP contribution in [0.15, 0.2) is 46.0 Å². The third kappa shape index (κ3) is 5.32. The normalized spacial score (nSPS) is 15.1. The summed E-state index contributed by atoms with van der Waals surface area (Å²) in [5.74, 6) is -0.206. The van der Waals surface area contributed by atoms with Crippen LogP contribution in [0.4, 0.5) is 5.69 Å². The van der Waals surface area contributed by atoms with E-state index in [0.29, 0.717) is 24.6 Å². The molecule has 37 heavy (non-hydrogen) atoms. The molecule has 0 spiro atoms. The van der Waals surface area contributed by atoms with Crippen LogP contribution in [-0.4, -0.2) is 66.2 Å². The van der Waals surface area contributed by atoms with Crippen molar-refractivity contribution in [3.8, 4) is 11.5 Å². The van der Waals surface area contributed by atoms with Gasteiger partial charge < -0.3 is 25.0 Å². The number of nitrogens with one attached hydrogen (secondary N) is 2. The summed E-state index contributed by atoms with van der Waals surface area (Å²) in [6.07, 6.45) is 0.790. The van der Waals surface area contributed by atoms with Gasteiger partial charge >= 0.3 is 5.69 Å². The second-order valence-corrected chi connectivity index (χ2v) is 9.03. The van der Waals surface area contributed by atoms with E-state index in [-0.39, 0.29) is 33.6 Å². The summed E-state index contributed by atoms with van der Waals surface area (Å²) in [7, 11) is 4.72. The van der Waals surface area contributed by atoms with Gasteiger partial charge in [-0.1, -0.05) is 23.7 Å². The van der Waals surface area contributed by atoms with E-state index in [4.69, 9.17) is 21.1 Å². The highest BCUT2D eigenvalue weighted by Gasteiger charge is 2.26. The van der Waals surface area contributed by atoms with Crippen molar-refractivity contribution in [2.24, 2.45) is 0 Å². The molecule has 2 amide bonds. The molecule has 196 valence electrons. The molecule has 2 heterocycles. The molecule has 1 aliphatic rings. The number of hydrogen-bond donors (Lipinski definition) is 2. The Morgan fingerprint density at radius 3 is 2.46 bits per heavy atom. The summed E-state index contributed by atoms with van der Waals surface area (Å²) in [5, 5.41) is 6.31. The maximum absolute atomic E-state index is 13.4. The first-order valence-corrected chi connectivity index (χ1v) is 12.0. The molecule has 2 aromatic carbocycles. The molecule has 1 saturated heterocycles. The molecule has 1 aromatic heterocycles. The average molecular weight is 530 g/mol. The van der Waals surface area contributed by atoms with Crippen molar-refractivity contribution in [2.75, 3.05) is 39.7 Å². The quantitative estimate of drug-likeness (QED) is 0.450. The number of halogens is 1. The number of anilines is 1. The molecule has 0 bridgehead atoms. The fourth-order valence-electron chi connectivity index (χ4n) is 4.41. The van der Waals surface area contributed by atoms with Gasteiger partial charge in [-0.05, 0) is 31.7 Å². The number of likely N-dealkylation sites (tertiary alicyclic amines) is 1. The second-order valence-electron chi connectivity index (χ2n) is 8.63. The Labute approximate surface area is 217 Å². The largest absolute Gasteiger partial charge is 0.495 e. The first-order valence-electron chi connectivity index (χ1n) is 11.7. The van der Waals surface area contributed by atoms with Gasteiger partial charge in [0.05, 0.1) is 35.8 Å². The molecule has 0 radical (unpaired) electrons. The minimum Gasteiger partial charge on any atom is -0.495 e. The first kappa shape index (κ1) is 26.2. The molecule has 3 aromatic rings. The lowest BCUT2D eigenvalue weighted by Crippen LogP contribution is -2.45. The monoisotopic (exact) mass is 529 g/mol. The number of nitrogens with zero attached hydrogens (tertiary/aromatic N) is 3. The Balaban J connectivity index is 1.66. The van der Waals surface area contributed by atoms with Crippen LogP contribution in [0.5, 0.6) is 11.5 Å². The van der Waals surface area contributed by atoms with Gasteiger partial charge in [0.1, 0.15) is 24.6 Å². The molecule has 4 rings (SSSR count). The molecule has 0 aliphatic carbocycles. The van der Waals surface area contributed by atoms with E-state index in [1.165, 1.54) is 30.9 Å². The van der Waals surface area contributed by atoms with E-state index in [2.05, 4.69) is 10.6 Å². The molecule has 0 unspecified atom stereocenters. The molecule has 1 aliphatic heterocycles. The lowest BCUT2D eigenvalue weighted by Gasteiger charge is -2.18. The van der Waals surface area contributed by atoms with Crippen LogP contribution in [-0.2, 0) is 22.7 Å². The molecule has 1 fully saturated rings. The summed E-state index contributed by atoms with van der Waals surface area (Å²) in [5.41, 5.74) is -0.769. The number of hydrogen-bond acceptors (Lipinski definition) is 7. The smallest absolute Gasteiger partial charge is 0.332 e. The van der Waals surface area contributed by atoms with Crippen LogP contribution in [0, 0.1) is 0 Å². The number of fused-ring (bicyclic) bond motifs is 1. The Hall–Kier alpha value is -3.83. The van der Waals surface area contributed by atoms with Gasteiger partial charge in [0.25, 0.3) is 5.56 Å². The minimum absolute atomic E-state index is 0.168. The number of benzene rings is 2. The van der Waals surface area contributed by atoms with Crippen LogP contribution in [0.2, 0.25) is 5.02 Å². The SMILES string of the molecule is CN[C@@H]1CCN(C(=O)Cn2c(=O)c3ccccc3n(CC(=O)Nc3cc(Cl)c(OC)cc3OC)c2=O)C1. The predicted octanol–water partition coefficient (Wildman–Crippen LogP) is 1.29. The maximum Gasteiger partial charge on any atom is 0.332 e. The molecular weight excluding hydrogens is 502 g/mol. The highest BCUT2D eigenvalue weighted by atomic mass is 35.5. The summed E-state index contributed by atoms with van der Waals surface area (Å²) in [6.45, 7) is 0.213. The Morgan fingerprint density at radius 2 is 1.78 bits per heavy atom. The van der Waals surface area contributed by atoms with Crippen molar-refractivity contribution < 1.29 is 19.1 Å². The van der Waals surface area contributed by atoms with Gasteiger partial charge in [0.15, 0.2) is 0 Å². The number of likely N-dealkylation sites (N-methyl/N-ethyl adjacent to an activating group) is 1. The number of methoxy groups -OCH3 is 2. The number of amides is 2. The molecule has 2 N–H and O–H groups in total. The van der Waals surface area contributed by atoms with Crippen molar-refractivity contribution in [2.45, 2.75) is 25.6 Å². The molecule has 1 atom stereocenters.